The van der Waals surface area contributed by atoms with Crippen LogP contribution in [0.3, 0.4) is 0 Å². The van der Waals surface area contributed by atoms with E-state index in [1.807, 2.05) is 29.5 Å². The Morgan fingerprint density at radius 3 is 2.83 bits per heavy atom. The number of likely N-dealkylation sites (tertiary alicyclic amines) is 1. The van der Waals surface area contributed by atoms with E-state index in [0.29, 0.717) is 11.1 Å². The van der Waals surface area contributed by atoms with Gasteiger partial charge in [-0.25, -0.2) is 4.98 Å². The summed E-state index contributed by atoms with van der Waals surface area (Å²) in [7, 11) is 0. The Balaban J connectivity index is 1.44. The van der Waals surface area contributed by atoms with Gasteiger partial charge in [0.05, 0.1) is 10.7 Å². The Hall–Kier alpha value is -1.66. The molecular formula is C17H22N4OS. The fraction of sp³-hybridized carbons (Fsp3) is 0.529. The molecule has 2 saturated heterocycles. The van der Waals surface area contributed by atoms with E-state index in [0.717, 1.165) is 55.3 Å². The number of rotatable bonds is 2. The topological polar surface area (TPSA) is 61.0 Å². The summed E-state index contributed by atoms with van der Waals surface area (Å²) in [4.78, 5) is 22.3. The van der Waals surface area contributed by atoms with E-state index in [2.05, 4.69) is 15.3 Å². The summed E-state index contributed by atoms with van der Waals surface area (Å²) in [5.41, 5.74) is 3.05. The highest BCUT2D eigenvalue weighted by Crippen LogP contribution is 2.37. The minimum atomic E-state index is 0.115. The molecule has 2 aliphatic rings. The van der Waals surface area contributed by atoms with Crippen LogP contribution >= 0.6 is 11.3 Å². The number of hydrogen-bond acceptors (Lipinski definition) is 4. The number of hydrogen-bond donors (Lipinski definition) is 2. The molecule has 0 atom stereocenters. The zero-order valence-corrected chi connectivity index (χ0v) is 14.2. The van der Waals surface area contributed by atoms with Crippen LogP contribution in [0.2, 0.25) is 0 Å². The van der Waals surface area contributed by atoms with Crippen molar-refractivity contribution in [3.8, 4) is 11.3 Å². The molecule has 4 rings (SSSR count). The molecule has 122 valence electrons. The zero-order valence-electron chi connectivity index (χ0n) is 13.4. The number of aromatic nitrogens is 2. The van der Waals surface area contributed by atoms with Crippen molar-refractivity contribution < 1.29 is 4.79 Å². The number of H-pyrrole nitrogens is 1. The molecule has 1 spiro atoms. The lowest BCUT2D eigenvalue weighted by molar-refractivity contribution is 0.0602. The van der Waals surface area contributed by atoms with Crippen LogP contribution in [0.4, 0.5) is 0 Å². The largest absolute Gasteiger partial charge is 0.357 e. The van der Waals surface area contributed by atoms with E-state index in [4.69, 9.17) is 0 Å². The second-order valence-electron chi connectivity index (χ2n) is 6.77. The maximum Gasteiger partial charge on any atom is 0.270 e. The second-order valence-corrected chi connectivity index (χ2v) is 7.83. The first-order valence-electron chi connectivity index (χ1n) is 8.26. The first-order valence-corrected chi connectivity index (χ1v) is 9.14. The molecule has 1 amide bonds. The quantitative estimate of drug-likeness (QED) is 0.890. The van der Waals surface area contributed by atoms with Crippen molar-refractivity contribution in [2.24, 2.45) is 5.41 Å². The minimum absolute atomic E-state index is 0.115. The van der Waals surface area contributed by atoms with Crippen LogP contribution in [0.15, 0.2) is 17.6 Å². The summed E-state index contributed by atoms with van der Waals surface area (Å²) in [6.07, 6.45) is 5.37. The molecule has 6 heteroatoms. The van der Waals surface area contributed by atoms with Gasteiger partial charge in [0.25, 0.3) is 5.91 Å². The van der Waals surface area contributed by atoms with Crippen LogP contribution in [-0.4, -0.2) is 47.0 Å². The molecule has 0 aliphatic carbocycles. The molecule has 0 unspecified atom stereocenters. The normalized spacial score (nSPS) is 20.3. The lowest BCUT2D eigenvalue weighted by Gasteiger charge is -2.38. The minimum Gasteiger partial charge on any atom is -0.357 e. The highest BCUT2D eigenvalue weighted by molar-refractivity contribution is 7.09. The van der Waals surface area contributed by atoms with Crippen molar-refractivity contribution >= 4 is 17.2 Å². The highest BCUT2D eigenvalue weighted by atomic mass is 32.1. The van der Waals surface area contributed by atoms with Crippen molar-refractivity contribution in [2.45, 2.75) is 26.2 Å². The van der Waals surface area contributed by atoms with Gasteiger partial charge >= 0.3 is 0 Å². The fourth-order valence-electron chi connectivity index (χ4n) is 3.74. The summed E-state index contributed by atoms with van der Waals surface area (Å²) in [6, 6.07) is 1.93. The van der Waals surface area contributed by atoms with E-state index < -0.39 is 0 Å². The molecule has 5 nitrogen and oxygen atoms in total. The van der Waals surface area contributed by atoms with E-state index in [1.165, 1.54) is 6.42 Å². The molecule has 2 aromatic rings. The van der Waals surface area contributed by atoms with Gasteiger partial charge in [0.15, 0.2) is 0 Å². The summed E-state index contributed by atoms with van der Waals surface area (Å²) < 4.78 is 0. The number of carbonyl (C=O) groups excluding carboxylic acids is 1. The zero-order chi connectivity index (χ0) is 15.9. The number of aryl methyl sites for hydroxylation is 1. The number of thiazole rings is 1. The standard InChI is InChI=1S/C17H22N4OS/c1-12-20-15(10-23-12)13-8-14(19-9-13)16(22)21-6-3-17(4-7-21)2-5-18-11-17/h8-10,18-19H,2-7,11H2,1H3. The van der Waals surface area contributed by atoms with Gasteiger partial charge < -0.3 is 15.2 Å². The van der Waals surface area contributed by atoms with Crippen LogP contribution in [0.25, 0.3) is 11.3 Å². The van der Waals surface area contributed by atoms with Crippen molar-refractivity contribution in [2.75, 3.05) is 26.2 Å². The molecule has 0 aromatic carbocycles. The van der Waals surface area contributed by atoms with E-state index in [1.54, 1.807) is 11.3 Å². The summed E-state index contributed by atoms with van der Waals surface area (Å²) in [5.74, 6) is 0.115. The van der Waals surface area contributed by atoms with Gasteiger partial charge in [0, 0.05) is 36.8 Å². The maximum absolute atomic E-state index is 12.7. The molecule has 4 heterocycles. The maximum atomic E-state index is 12.7. The lowest BCUT2D eigenvalue weighted by Crippen LogP contribution is -2.44. The van der Waals surface area contributed by atoms with Gasteiger partial charge in [-0.2, -0.15) is 0 Å². The predicted octanol–water partition coefficient (Wildman–Crippen LogP) is 2.66. The van der Waals surface area contributed by atoms with Gasteiger partial charge in [-0.3, -0.25) is 4.79 Å². The van der Waals surface area contributed by atoms with Gasteiger partial charge in [-0.15, -0.1) is 11.3 Å². The van der Waals surface area contributed by atoms with E-state index in [9.17, 15) is 4.79 Å². The molecule has 0 bridgehead atoms. The monoisotopic (exact) mass is 330 g/mol. The van der Waals surface area contributed by atoms with Crippen LogP contribution < -0.4 is 5.32 Å². The fourth-order valence-corrected chi connectivity index (χ4v) is 4.36. The van der Waals surface area contributed by atoms with Crippen LogP contribution in [0, 0.1) is 12.3 Å². The number of carbonyl (C=O) groups is 1. The molecular weight excluding hydrogens is 308 g/mol. The smallest absolute Gasteiger partial charge is 0.270 e. The first-order chi connectivity index (χ1) is 11.2. The van der Waals surface area contributed by atoms with Crippen molar-refractivity contribution in [3.05, 3.63) is 28.3 Å². The third-order valence-electron chi connectivity index (χ3n) is 5.27. The Kier molecular flexibility index (Phi) is 3.73. The van der Waals surface area contributed by atoms with E-state index in [-0.39, 0.29) is 5.91 Å². The average molecular weight is 330 g/mol. The molecule has 0 radical (unpaired) electrons. The molecule has 23 heavy (non-hydrogen) atoms. The number of nitrogens with zero attached hydrogens (tertiary/aromatic N) is 2. The first kappa shape index (κ1) is 14.9. The number of nitrogens with one attached hydrogen (secondary N) is 2. The van der Waals surface area contributed by atoms with Gasteiger partial charge in [0.1, 0.15) is 5.69 Å². The van der Waals surface area contributed by atoms with Crippen molar-refractivity contribution in [3.63, 3.8) is 0 Å². The van der Waals surface area contributed by atoms with E-state index >= 15 is 0 Å². The van der Waals surface area contributed by atoms with Crippen LogP contribution in [0.5, 0.6) is 0 Å². The van der Waals surface area contributed by atoms with Crippen LogP contribution in [0.1, 0.15) is 34.8 Å². The Morgan fingerprint density at radius 1 is 1.35 bits per heavy atom. The Bertz CT molecular complexity index is 704. The lowest BCUT2D eigenvalue weighted by atomic mass is 9.78. The van der Waals surface area contributed by atoms with Gasteiger partial charge in [-0.1, -0.05) is 0 Å². The van der Waals surface area contributed by atoms with Gasteiger partial charge in [0.2, 0.25) is 0 Å². The molecule has 2 aromatic heterocycles. The highest BCUT2D eigenvalue weighted by Gasteiger charge is 2.38. The van der Waals surface area contributed by atoms with Crippen LogP contribution in [-0.2, 0) is 0 Å². The Morgan fingerprint density at radius 2 is 2.17 bits per heavy atom. The molecule has 2 aliphatic heterocycles. The summed E-state index contributed by atoms with van der Waals surface area (Å²) in [5, 5.41) is 6.54. The third-order valence-corrected chi connectivity index (χ3v) is 6.05. The average Bonchev–Trinajstić information content (AvgIpc) is 3.28. The van der Waals surface area contributed by atoms with Gasteiger partial charge in [-0.05, 0) is 44.2 Å². The molecule has 0 saturated carbocycles. The van der Waals surface area contributed by atoms with Crippen molar-refractivity contribution in [1.29, 1.82) is 0 Å². The SMILES string of the molecule is Cc1nc(-c2c[nH]c(C(=O)N3CCC4(CCNC4)CC3)c2)cs1. The number of piperidine rings is 1. The third kappa shape index (κ3) is 2.81. The second kappa shape index (κ2) is 5.76. The number of amides is 1. The number of aromatic amines is 1. The summed E-state index contributed by atoms with van der Waals surface area (Å²) in [6.45, 7) is 5.97. The Labute approximate surface area is 140 Å². The molecule has 2 N–H and O–H groups in total. The summed E-state index contributed by atoms with van der Waals surface area (Å²) >= 11 is 1.63. The predicted molar refractivity (Wildman–Crippen MR) is 91.7 cm³/mol. The molecule has 2 fully saturated rings. The van der Waals surface area contributed by atoms with Crippen molar-refractivity contribution in [1.82, 2.24) is 20.2 Å².